The third-order valence-electron chi connectivity index (χ3n) is 1.69. The van der Waals surface area contributed by atoms with Crippen molar-refractivity contribution in [2.75, 3.05) is 0 Å². The summed E-state index contributed by atoms with van der Waals surface area (Å²) in [7, 11) is 0. The number of halogens is 2. The molecule has 0 aliphatic carbocycles. The fourth-order valence-electron chi connectivity index (χ4n) is 1.13. The van der Waals surface area contributed by atoms with Gasteiger partial charge in [0.15, 0.2) is 0 Å². The number of amidine groups is 1. The third kappa shape index (κ3) is 3.29. The van der Waals surface area contributed by atoms with E-state index < -0.39 is 6.55 Å². The zero-order valence-electron chi connectivity index (χ0n) is 8.10. The van der Waals surface area contributed by atoms with Gasteiger partial charge in [0.2, 0.25) is 0 Å². The molecule has 0 fully saturated rings. The first-order valence-electron chi connectivity index (χ1n) is 4.23. The maximum atomic E-state index is 12.3. The first-order valence-corrected chi connectivity index (χ1v) is 5.08. The van der Waals surface area contributed by atoms with Crippen LogP contribution in [0.5, 0.6) is 0 Å². The Hall–Kier alpha value is -1.46. The van der Waals surface area contributed by atoms with Crippen LogP contribution < -0.4 is 5.73 Å². The minimum atomic E-state index is -2.52. The summed E-state index contributed by atoms with van der Waals surface area (Å²) in [6.45, 7) is -2.52. The third-order valence-corrected chi connectivity index (χ3v) is 1.69. The number of nitrogens with one attached hydrogen (secondary N) is 1. The van der Waals surface area contributed by atoms with Gasteiger partial charge in [0.05, 0.1) is 11.0 Å². The van der Waals surface area contributed by atoms with Gasteiger partial charge in [0, 0.05) is 0 Å². The molecular weight excluding hydrogens is 281 g/mol. The van der Waals surface area contributed by atoms with Crippen LogP contribution in [0.3, 0.4) is 0 Å². The van der Waals surface area contributed by atoms with Crippen molar-refractivity contribution < 1.29 is 8.78 Å². The van der Waals surface area contributed by atoms with Crippen LogP contribution in [0.15, 0.2) is 30.6 Å². The van der Waals surface area contributed by atoms with Crippen LogP contribution in [-0.2, 0) is 0 Å². The van der Waals surface area contributed by atoms with Gasteiger partial charge in [0.25, 0.3) is 0 Å². The van der Waals surface area contributed by atoms with E-state index in [1.54, 1.807) is 24.3 Å². The zero-order chi connectivity index (χ0) is 12.1. The molecule has 0 amide bonds. The van der Waals surface area contributed by atoms with Gasteiger partial charge in [-0.15, -0.1) is 0 Å². The molecule has 1 heterocycles. The molecule has 0 aliphatic rings. The first kappa shape index (κ1) is 12.6. The van der Waals surface area contributed by atoms with E-state index in [1.165, 1.54) is 0 Å². The molecule has 0 saturated heterocycles. The molecule has 2 rings (SSSR count). The van der Waals surface area contributed by atoms with Crippen molar-refractivity contribution in [3.8, 4) is 0 Å². The van der Waals surface area contributed by atoms with Crippen LogP contribution in [0.25, 0.3) is 11.0 Å². The van der Waals surface area contributed by atoms with Crippen molar-refractivity contribution in [2.45, 2.75) is 6.55 Å². The Morgan fingerprint density at radius 3 is 2.56 bits per heavy atom. The van der Waals surface area contributed by atoms with Gasteiger partial charge in [-0.2, -0.15) is 8.78 Å². The predicted molar refractivity (Wildman–Crippen MR) is 58.7 cm³/mol. The molecule has 0 bridgehead atoms. The van der Waals surface area contributed by atoms with Gasteiger partial charge >= 0.3 is 38.4 Å². The summed E-state index contributed by atoms with van der Waals surface area (Å²) in [5.74, 6) is 0. The van der Waals surface area contributed by atoms with Gasteiger partial charge in [-0.25, -0.2) is 4.98 Å². The fourth-order valence-corrected chi connectivity index (χ4v) is 1.13. The van der Waals surface area contributed by atoms with E-state index in [-0.39, 0.29) is 4.73 Å². The van der Waals surface area contributed by atoms with E-state index in [2.05, 4.69) is 26.7 Å². The van der Waals surface area contributed by atoms with E-state index in [0.717, 1.165) is 10.9 Å². The molecule has 0 saturated carbocycles. The molecule has 2 aromatic rings. The van der Waals surface area contributed by atoms with E-state index in [1.807, 2.05) is 0 Å². The monoisotopic (exact) mass is 291 g/mol. The topological polar surface area (TPSA) is 67.7 Å². The number of nitrogens with two attached hydrogens (primary N) is 1. The Balaban J connectivity index is 0.000000280. The SMILES string of the molecule is FC(F)n1cnc2ccccc21.N=C(N)[Se]. The predicted octanol–water partition coefficient (Wildman–Crippen LogP) is 1.48. The molecule has 85 valence electrons. The molecule has 0 spiro atoms. The van der Waals surface area contributed by atoms with Crippen LogP contribution in [0, 0.1) is 5.41 Å². The first-order chi connectivity index (χ1) is 7.52. The van der Waals surface area contributed by atoms with Crippen LogP contribution in [0.2, 0.25) is 0 Å². The summed E-state index contributed by atoms with van der Waals surface area (Å²) >= 11 is 2.26. The molecule has 0 unspecified atom stereocenters. The Morgan fingerprint density at radius 2 is 2.00 bits per heavy atom. The fraction of sp³-hybridized carbons (Fsp3) is 0.111. The van der Waals surface area contributed by atoms with Gasteiger partial charge in [-0.1, -0.05) is 12.1 Å². The number of nitrogens with zero attached hydrogens (tertiary/aromatic N) is 2. The van der Waals surface area contributed by atoms with E-state index in [4.69, 9.17) is 5.41 Å². The average Bonchev–Trinajstić information content (AvgIpc) is 2.59. The average molecular weight is 290 g/mol. The van der Waals surface area contributed by atoms with Crippen molar-refractivity contribution >= 4 is 31.8 Å². The molecule has 7 heteroatoms. The van der Waals surface area contributed by atoms with Crippen LogP contribution >= 0.6 is 0 Å². The maximum absolute atomic E-state index is 12.3. The van der Waals surface area contributed by atoms with Crippen LogP contribution in [0.1, 0.15) is 6.55 Å². The van der Waals surface area contributed by atoms with Gasteiger partial charge in [-0.05, 0) is 12.1 Å². The number of hydrogen-bond donors (Lipinski definition) is 2. The minimum absolute atomic E-state index is 0.0417. The van der Waals surface area contributed by atoms with Crippen molar-refractivity contribution in [2.24, 2.45) is 5.73 Å². The summed E-state index contributed by atoms with van der Waals surface area (Å²) in [5.41, 5.74) is 5.70. The van der Waals surface area contributed by atoms with E-state index in [9.17, 15) is 8.78 Å². The Labute approximate surface area is 98.8 Å². The molecule has 1 aromatic heterocycles. The van der Waals surface area contributed by atoms with Crippen molar-refractivity contribution in [1.82, 2.24) is 9.55 Å². The van der Waals surface area contributed by atoms with E-state index in [0.29, 0.717) is 11.0 Å². The van der Waals surface area contributed by atoms with E-state index >= 15 is 0 Å². The number of hydrogen-bond acceptors (Lipinski definition) is 2. The van der Waals surface area contributed by atoms with Gasteiger partial charge < -0.3 is 0 Å². The van der Waals surface area contributed by atoms with Crippen LogP contribution in [-0.4, -0.2) is 30.3 Å². The van der Waals surface area contributed by atoms with Crippen molar-refractivity contribution in [3.63, 3.8) is 0 Å². The van der Waals surface area contributed by atoms with Gasteiger partial charge in [0.1, 0.15) is 6.33 Å². The van der Waals surface area contributed by atoms with Crippen LogP contribution in [0.4, 0.5) is 8.78 Å². The van der Waals surface area contributed by atoms with Gasteiger partial charge in [-0.3, -0.25) is 4.57 Å². The Kier molecular flexibility index (Phi) is 4.39. The molecule has 0 aliphatic heterocycles. The molecule has 0 atom stereocenters. The second-order valence-electron chi connectivity index (χ2n) is 2.78. The van der Waals surface area contributed by atoms with Crippen molar-refractivity contribution in [3.05, 3.63) is 30.6 Å². The summed E-state index contributed by atoms with van der Waals surface area (Å²) in [5, 5.41) is 6.22. The number of alkyl halides is 2. The number of fused-ring (bicyclic) bond motifs is 1. The quantitative estimate of drug-likeness (QED) is 0.474. The number of benzene rings is 1. The summed E-state index contributed by atoms with van der Waals surface area (Å²) in [4.78, 5) is 3.82. The molecule has 1 aromatic carbocycles. The number of imidazole rings is 1. The Bertz CT molecular complexity index is 479. The second-order valence-corrected chi connectivity index (χ2v) is 3.71. The summed E-state index contributed by atoms with van der Waals surface area (Å²) in [6.07, 6.45) is 1.15. The molecular formula is C9H9F2N4Se. The normalized spacial score (nSPS) is 9.94. The number of rotatable bonds is 1. The summed E-state index contributed by atoms with van der Waals surface area (Å²) < 4.78 is 25.4. The molecule has 16 heavy (non-hydrogen) atoms. The molecule has 4 nitrogen and oxygen atoms in total. The molecule has 3 N–H and O–H groups in total. The molecule has 1 radical (unpaired) electrons. The Morgan fingerprint density at radius 1 is 1.44 bits per heavy atom. The number of aromatic nitrogens is 2. The summed E-state index contributed by atoms with van der Waals surface area (Å²) in [6, 6.07) is 6.80. The van der Waals surface area contributed by atoms with Crippen molar-refractivity contribution in [1.29, 1.82) is 5.41 Å². The standard InChI is InChI=1S/C8H6F2N2.CH3N2Se/c9-8(10)12-5-11-6-3-1-2-4-7(6)12;2-1(3)4/h1-5,8H;(H3,2,3). The second kappa shape index (κ2) is 5.58. The zero-order valence-corrected chi connectivity index (χ0v) is 9.81. The number of para-hydroxylation sites is 2.